The van der Waals surface area contributed by atoms with E-state index in [1.54, 1.807) is 12.1 Å². The van der Waals surface area contributed by atoms with Crippen LogP contribution < -0.4 is 0 Å². The zero-order valence-corrected chi connectivity index (χ0v) is 11.1. The van der Waals surface area contributed by atoms with Gasteiger partial charge in [0.05, 0.1) is 24.3 Å². The third kappa shape index (κ3) is 3.80. The van der Waals surface area contributed by atoms with Gasteiger partial charge < -0.3 is 9.64 Å². The SMILES string of the molecule is CC1CN(C(=O)CCc2ccc(C#N)cc2)CCO1. The van der Waals surface area contributed by atoms with E-state index in [1.165, 1.54) is 0 Å². The molecule has 0 aromatic heterocycles. The number of rotatable bonds is 3. The van der Waals surface area contributed by atoms with Gasteiger partial charge in [-0.1, -0.05) is 12.1 Å². The van der Waals surface area contributed by atoms with Crippen LogP contribution in [-0.4, -0.2) is 36.6 Å². The Morgan fingerprint density at radius 2 is 2.21 bits per heavy atom. The van der Waals surface area contributed by atoms with Crippen LogP contribution in [0.1, 0.15) is 24.5 Å². The largest absolute Gasteiger partial charge is 0.375 e. The van der Waals surface area contributed by atoms with Gasteiger partial charge in [0, 0.05) is 19.5 Å². The first-order chi connectivity index (χ1) is 9.19. The van der Waals surface area contributed by atoms with Gasteiger partial charge in [-0.25, -0.2) is 0 Å². The fourth-order valence-electron chi connectivity index (χ4n) is 2.20. The first-order valence-electron chi connectivity index (χ1n) is 6.57. The lowest BCUT2D eigenvalue weighted by molar-refractivity contribution is -0.138. The topological polar surface area (TPSA) is 53.3 Å². The Bertz CT molecular complexity index is 476. The molecule has 2 rings (SSSR count). The van der Waals surface area contributed by atoms with Gasteiger partial charge in [-0.15, -0.1) is 0 Å². The number of hydrogen-bond acceptors (Lipinski definition) is 3. The lowest BCUT2D eigenvalue weighted by Crippen LogP contribution is -2.44. The summed E-state index contributed by atoms with van der Waals surface area (Å²) in [6.07, 6.45) is 1.36. The predicted octanol–water partition coefficient (Wildman–Crippen LogP) is 1.74. The van der Waals surface area contributed by atoms with Crippen molar-refractivity contribution in [1.29, 1.82) is 5.26 Å². The molecule has 0 spiro atoms. The minimum Gasteiger partial charge on any atom is -0.375 e. The summed E-state index contributed by atoms with van der Waals surface area (Å²) in [6, 6.07) is 9.48. The molecule has 1 heterocycles. The van der Waals surface area contributed by atoms with Crippen LogP contribution in [0.25, 0.3) is 0 Å². The van der Waals surface area contributed by atoms with Crippen LogP contribution >= 0.6 is 0 Å². The van der Waals surface area contributed by atoms with E-state index in [0.29, 0.717) is 31.7 Å². The number of morpholine rings is 1. The van der Waals surface area contributed by atoms with Gasteiger partial charge in [0.25, 0.3) is 0 Å². The van der Waals surface area contributed by atoms with Crippen LogP contribution in [0, 0.1) is 11.3 Å². The summed E-state index contributed by atoms with van der Waals surface area (Å²) in [5, 5.41) is 8.72. The van der Waals surface area contributed by atoms with Crippen molar-refractivity contribution >= 4 is 5.91 Å². The number of amides is 1. The first kappa shape index (κ1) is 13.6. The highest BCUT2D eigenvalue weighted by atomic mass is 16.5. The van der Waals surface area contributed by atoms with Gasteiger partial charge in [-0.05, 0) is 31.0 Å². The quantitative estimate of drug-likeness (QED) is 0.829. The summed E-state index contributed by atoms with van der Waals surface area (Å²) in [7, 11) is 0. The van der Waals surface area contributed by atoms with E-state index in [1.807, 2.05) is 24.0 Å². The highest BCUT2D eigenvalue weighted by Crippen LogP contribution is 2.10. The van der Waals surface area contributed by atoms with E-state index in [9.17, 15) is 4.79 Å². The molecule has 0 bridgehead atoms. The Hall–Kier alpha value is -1.86. The Balaban J connectivity index is 1.84. The van der Waals surface area contributed by atoms with Crippen molar-refractivity contribution in [3.63, 3.8) is 0 Å². The summed E-state index contributed by atoms with van der Waals surface area (Å²) in [5.74, 6) is 0.180. The van der Waals surface area contributed by atoms with Crippen LogP contribution in [0.5, 0.6) is 0 Å². The van der Waals surface area contributed by atoms with Crippen molar-refractivity contribution in [2.45, 2.75) is 25.9 Å². The van der Waals surface area contributed by atoms with E-state index in [4.69, 9.17) is 10.00 Å². The van der Waals surface area contributed by atoms with E-state index in [0.717, 1.165) is 12.0 Å². The van der Waals surface area contributed by atoms with E-state index in [-0.39, 0.29) is 12.0 Å². The summed E-state index contributed by atoms with van der Waals surface area (Å²) in [5.41, 5.74) is 1.74. The summed E-state index contributed by atoms with van der Waals surface area (Å²) >= 11 is 0. The normalized spacial score (nSPS) is 18.9. The van der Waals surface area contributed by atoms with Crippen molar-refractivity contribution in [3.8, 4) is 6.07 Å². The van der Waals surface area contributed by atoms with Crippen molar-refractivity contribution in [3.05, 3.63) is 35.4 Å². The standard InChI is InChI=1S/C15H18N2O2/c1-12-11-17(8-9-19-12)15(18)7-6-13-2-4-14(10-16)5-3-13/h2-5,12H,6-9,11H2,1H3. The highest BCUT2D eigenvalue weighted by molar-refractivity contribution is 5.76. The van der Waals surface area contributed by atoms with Crippen molar-refractivity contribution in [2.75, 3.05) is 19.7 Å². The number of nitriles is 1. The van der Waals surface area contributed by atoms with E-state index in [2.05, 4.69) is 6.07 Å². The zero-order chi connectivity index (χ0) is 13.7. The second-order valence-corrected chi connectivity index (χ2v) is 4.83. The minimum atomic E-state index is 0.132. The molecule has 19 heavy (non-hydrogen) atoms. The molecule has 4 nitrogen and oxygen atoms in total. The van der Waals surface area contributed by atoms with Crippen LogP contribution in [0.3, 0.4) is 0 Å². The maximum Gasteiger partial charge on any atom is 0.223 e. The Morgan fingerprint density at radius 3 is 2.84 bits per heavy atom. The minimum absolute atomic E-state index is 0.132. The molecular weight excluding hydrogens is 240 g/mol. The second kappa shape index (κ2) is 6.35. The smallest absolute Gasteiger partial charge is 0.223 e. The Labute approximate surface area is 113 Å². The lowest BCUT2D eigenvalue weighted by atomic mass is 10.1. The van der Waals surface area contributed by atoms with E-state index < -0.39 is 0 Å². The van der Waals surface area contributed by atoms with Gasteiger partial charge in [0.2, 0.25) is 5.91 Å². The molecular formula is C15H18N2O2. The summed E-state index contributed by atoms with van der Waals surface area (Å²) in [4.78, 5) is 13.9. The molecule has 0 N–H and O–H groups in total. The van der Waals surface area contributed by atoms with Gasteiger partial charge in [0.1, 0.15) is 0 Å². The molecule has 0 saturated carbocycles. The summed E-state index contributed by atoms with van der Waals surface area (Å²) in [6.45, 7) is 3.99. The number of hydrogen-bond donors (Lipinski definition) is 0. The Morgan fingerprint density at radius 1 is 1.47 bits per heavy atom. The van der Waals surface area contributed by atoms with Crippen LogP contribution in [-0.2, 0) is 16.0 Å². The third-order valence-corrected chi connectivity index (χ3v) is 3.30. The summed E-state index contributed by atoms with van der Waals surface area (Å²) < 4.78 is 5.42. The predicted molar refractivity (Wildman–Crippen MR) is 71.5 cm³/mol. The van der Waals surface area contributed by atoms with Gasteiger partial charge >= 0.3 is 0 Å². The van der Waals surface area contributed by atoms with Crippen molar-refractivity contribution in [1.82, 2.24) is 4.90 Å². The fraction of sp³-hybridized carbons (Fsp3) is 0.467. The number of carbonyl (C=O) groups excluding carboxylic acids is 1. The monoisotopic (exact) mass is 258 g/mol. The average Bonchev–Trinajstić information content (AvgIpc) is 2.45. The average molecular weight is 258 g/mol. The molecule has 4 heteroatoms. The van der Waals surface area contributed by atoms with Crippen LogP contribution in [0.4, 0.5) is 0 Å². The van der Waals surface area contributed by atoms with Gasteiger partial charge in [-0.2, -0.15) is 5.26 Å². The van der Waals surface area contributed by atoms with Gasteiger partial charge in [-0.3, -0.25) is 4.79 Å². The van der Waals surface area contributed by atoms with Gasteiger partial charge in [0.15, 0.2) is 0 Å². The molecule has 0 radical (unpaired) electrons. The number of carbonyl (C=O) groups is 1. The molecule has 1 atom stereocenters. The number of benzene rings is 1. The third-order valence-electron chi connectivity index (χ3n) is 3.30. The molecule has 100 valence electrons. The van der Waals surface area contributed by atoms with Crippen LogP contribution in [0.15, 0.2) is 24.3 Å². The fourth-order valence-corrected chi connectivity index (χ4v) is 2.20. The molecule has 1 aromatic rings. The van der Waals surface area contributed by atoms with E-state index >= 15 is 0 Å². The maximum atomic E-state index is 12.1. The molecule has 1 saturated heterocycles. The van der Waals surface area contributed by atoms with Crippen molar-refractivity contribution in [2.24, 2.45) is 0 Å². The molecule has 1 aliphatic heterocycles. The molecule has 0 aliphatic carbocycles. The number of ether oxygens (including phenoxy) is 1. The van der Waals surface area contributed by atoms with Crippen molar-refractivity contribution < 1.29 is 9.53 Å². The number of nitrogens with zero attached hydrogens (tertiary/aromatic N) is 2. The first-order valence-corrected chi connectivity index (χ1v) is 6.57. The molecule has 1 aliphatic rings. The highest BCUT2D eigenvalue weighted by Gasteiger charge is 2.20. The molecule has 1 amide bonds. The zero-order valence-electron chi connectivity index (χ0n) is 11.1. The molecule has 1 aromatic carbocycles. The molecule has 1 fully saturated rings. The lowest BCUT2D eigenvalue weighted by Gasteiger charge is -2.31. The maximum absolute atomic E-state index is 12.1. The Kier molecular flexibility index (Phi) is 4.53. The van der Waals surface area contributed by atoms with Crippen LogP contribution in [0.2, 0.25) is 0 Å². The number of aryl methyl sites for hydroxylation is 1. The molecule has 1 unspecified atom stereocenters. The second-order valence-electron chi connectivity index (χ2n) is 4.83.